The Kier molecular flexibility index (Phi) is 7.54. The molecule has 3 unspecified atom stereocenters. The second-order valence-electron chi connectivity index (χ2n) is 6.82. The van der Waals surface area contributed by atoms with Crippen LogP contribution in [0.1, 0.15) is 57.9 Å². The predicted molar refractivity (Wildman–Crippen MR) is 96.9 cm³/mol. The second kappa shape index (κ2) is 9.41. The lowest BCUT2D eigenvalue weighted by atomic mass is 9.98. The van der Waals surface area contributed by atoms with Gasteiger partial charge >= 0.3 is 0 Å². The van der Waals surface area contributed by atoms with Crippen LogP contribution in [0.5, 0.6) is 11.5 Å². The average Bonchev–Trinajstić information content (AvgIpc) is 2.61. The fraction of sp³-hybridized carbons (Fsp3) is 0.700. The van der Waals surface area contributed by atoms with Crippen molar-refractivity contribution in [2.45, 2.75) is 77.0 Å². The zero-order chi connectivity index (χ0) is 18.3. The van der Waals surface area contributed by atoms with Gasteiger partial charge < -0.3 is 24.1 Å². The van der Waals surface area contributed by atoms with E-state index < -0.39 is 5.97 Å². The molecule has 1 aromatic rings. The number of phenolic OH excluding ortho intramolecular Hbond substituents is 1. The number of hydrogen-bond acceptors (Lipinski definition) is 5. The average molecular weight is 352 g/mol. The van der Waals surface area contributed by atoms with Crippen molar-refractivity contribution in [1.82, 2.24) is 0 Å². The van der Waals surface area contributed by atoms with Gasteiger partial charge in [-0.25, -0.2) is 0 Å². The van der Waals surface area contributed by atoms with Gasteiger partial charge in [0.15, 0.2) is 11.5 Å². The highest BCUT2D eigenvalue weighted by molar-refractivity contribution is 5.41. The van der Waals surface area contributed by atoms with Crippen molar-refractivity contribution < 1.29 is 24.1 Å². The minimum Gasteiger partial charge on any atom is -0.504 e. The van der Waals surface area contributed by atoms with Gasteiger partial charge in [-0.2, -0.15) is 0 Å². The number of aromatic hydroxyl groups is 1. The van der Waals surface area contributed by atoms with Gasteiger partial charge in [0.1, 0.15) is 0 Å². The van der Waals surface area contributed by atoms with Crippen molar-refractivity contribution in [3.8, 4) is 11.5 Å². The molecule has 5 heteroatoms. The predicted octanol–water partition coefficient (Wildman–Crippen LogP) is 4.41. The Bertz CT molecular complexity index is 533. The molecule has 25 heavy (non-hydrogen) atoms. The lowest BCUT2D eigenvalue weighted by Crippen LogP contribution is -2.48. The number of benzene rings is 1. The van der Waals surface area contributed by atoms with E-state index in [2.05, 4.69) is 6.92 Å². The van der Waals surface area contributed by atoms with Gasteiger partial charge in [-0.1, -0.05) is 32.3 Å². The van der Waals surface area contributed by atoms with Crippen LogP contribution in [0, 0.1) is 0 Å². The SMILES string of the molecule is CCCCCC1CC(CCc2ccc(O)c(OC)c2)OC(C)(OC)O1. The molecule has 5 nitrogen and oxygen atoms in total. The van der Waals surface area contributed by atoms with E-state index in [1.54, 1.807) is 20.3 Å². The van der Waals surface area contributed by atoms with Crippen LogP contribution >= 0.6 is 0 Å². The number of hydrogen-bond donors (Lipinski definition) is 1. The van der Waals surface area contributed by atoms with E-state index in [1.165, 1.54) is 19.3 Å². The van der Waals surface area contributed by atoms with Crippen LogP contribution in [0.4, 0.5) is 0 Å². The molecule has 0 spiro atoms. The highest BCUT2D eigenvalue weighted by atomic mass is 16.9. The maximum absolute atomic E-state index is 9.71. The number of methoxy groups -OCH3 is 2. The summed E-state index contributed by atoms with van der Waals surface area (Å²) < 4.78 is 22.7. The molecule has 1 aromatic carbocycles. The number of unbranched alkanes of at least 4 members (excludes halogenated alkanes) is 2. The van der Waals surface area contributed by atoms with Gasteiger partial charge in [-0.05, 0) is 37.0 Å². The number of rotatable bonds is 9. The quantitative estimate of drug-likeness (QED) is 0.667. The molecule has 1 fully saturated rings. The Morgan fingerprint density at radius 1 is 1.16 bits per heavy atom. The molecule has 142 valence electrons. The first-order valence-corrected chi connectivity index (χ1v) is 9.26. The van der Waals surface area contributed by atoms with Crippen molar-refractivity contribution in [3.63, 3.8) is 0 Å². The summed E-state index contributed by atoms with van der Waals surface area (Å²) in [7, 11) is 3.18. The van der Waals surface area contributed by atoms with Crippen LogP contribution in [0.2, 0.25) is 0 Å². The summed E-state index contributed by atoms with van der Waals surface area (Å²) >= 11 is 0. The Labute approximate surface area is 151 Å². The Balaban J connectivity index is 1.94. The molecule has 2 rings (SSSR count). The lowest BCUT2D eigenvalue weighted by Gasteiger charge is -2.41. The summed E-state index contributed by atoms with van der Waals surface area (Å²) in [6, 6.07) is 5.47. The first-order chi connectivity index (χ1) is 12.0. The second-order valence-corrected chi connectivity index (χ2v) is 6.82. The van der Waals surface area contributed by atoms with Crippen LogP contribution in [-0.4, -0.2) is 37.5 Å². The van der Waals surface area contributed by atoms with Gasteiger partial charge in [-0.3, -0.25) is 0 Å². The van der Waals surface area contributed by atoms with E-state index in [9.17, 15) is 5.11 Å². The maximum Gasteiger partial charge on any atom is 0.280 e. The van der Waals surface area contributed by atoms with Crippen LogP contribution in [0.3, 0.4) is 0 Å². The number of aryl methyl sites for hydroxylation is 1. The molecule has 0 aromatic heterocycles. The first kappa shape index (κ1) is 20.0. The monoisotopic (exact) mass is 352 g/mol. The fourth-order valence-corrected chi connectivity index (χ4v) is 3.30. The summed E-state index contributed by atoms with van der Waals surface area (Å²) in [5, 5.41) is 9.71. The Morgan fingerprint density at radius 2 is 1.88 bits per heavy atom. The van der Waals surface area contributed by atoms with E-state index in [0.717, 1.165) is 31.2 Å². The Hall–Kier alpha value is -1.30. The summed E-state index contributed by atoms with van der Waals surface area (Å²) in [5.41, 5.74) is 1.12. The molecule has 1 aliphatic rings. The fourth-order valence-electron chi connectivity index (χ4n) is 3.30. The molecule has 0 bridgehead atoms. The minimum absolute atomic E-state index is 0.0881. The van der Waals surface area contributed by atoms with Gasteiger partial charge in [-0.15, -0.1) is 0 Å². The molecule has 0 amide bonds. The van der Waals surface area contributed by atoms with Crippen molar-refractivity contribution in [2.75, 3.05) is 14.2 Å². The van der Waals surface area contributed by atoms with Gasteiger partial charge in [0.05, 0.1) is 19.3 Å². The van der Waals surface area contributed by atoms with Crippen molar-refractivity contribution in [3.05, 3.63) is 23.8 Å². The molecule has 1 N–H and O–H groups in total. The van der Waals surface area contributed by atoms with Crippen LogP contribution in [-0.2, 0) is 20.6 Å². The third-order valence-corrected chi connectivity index (χ3v) is 4.79. The van der Waals surface area contributed by atoms with E-state index in [1.807, 2.05) is 19.1 Å². The largest absolute Gasteiger partial charge is 0.504 e. The van der Waals surface area contributed by atoms with Gasteiger partial charge in [0, 0.05) is 20.5 Å². The van der Waals surface area contributed by atoms with Crippen LogP contribution < -0.4 is 4.74 Å². The summed E-state index contributed by atoms with van der Waals surface area (Å²) in [6.07, 6.45) is 7.51. The summed E-state index contributed by atoms with van der Waals surface area (Å²) in [6.45, 7) is 4.05. The van der Waals surface area contributed by atoms with E-state index in [-0.39, 0.29) is 18.0 Å². The number of ether oxygens (including phenoxy) is 4. The zero-order valence-corrected chi connectivity index (χ0v) is 15.9. The van der Waals surface area contributed by atoms with Gasteiger partial charge in [0.25, 0.3) is 5.97 Å². The normalized spacial score (nSPS) is 26.6. The molecule has 1 aliphatic heterocycles. The lowest BCUT2D eigenvalue weighted by molar-refractivity contribution is -0.416. The highest BCUT2D eigenvalue weighted by Crippen LogP contribution is 2.33. The van der Waals surface area contributed by atoms with Crippen LogP contribution in [0.15, 0.2) is 18.2 Å². The van der Waals surface area contributed by atoms with E-state index in [4.69, 9.17) is 18.9 Å². The third kappa shape index (κ3) is 5.87. The summed E-state index contributed by atoms with van der Waals surface area (Å²) in [4.78, 5) is 0. The molecule has 1 saturated heterocycles. The molecule has 0 saturated carbocycles. The van der Waals surface area contributed by atoms with Crippen molar-refractivity contribution in [2.24, 2.45) is 0 Å². The van der Waals surface area contributed by atoms with Gasteiger partial charge in [0.2, 0.25) is 0 Å². The molecule has 3 atom stereocenters. The Morgan fingerprint density at radius 3 is 2.52 bits per heavy atom. The summed E-state index contributed by atoms with van der Waals surface area (Å²) in [5.74, 6) is -0.298. The van der Waals surface area contributed by atoms with Crippen LogP contribution in [0.25, 0.3) is 0 Å². The van der Waals surface area contributed by atoms with E-state index >= 15 is 0 Å². The van der Waals surface area contributed by atoms with E-state index in [0.29, 0.717) is 5.75 Å². The minimum atomic E-state index is -0.966. The molecular weight excluding hydrogens is 320 g/mol. The molecule has 0 radical (unpaired) electrons. The topological polar surface area (TPSA) is 57.2 Å². The van der Waals surface area contributed by atoms with Crippen molar-refractivity contribution >= 4 is 0 Å². The zero-order valence-electron chi connectivity index (χ0n) is 15.9. The van der Waals surface area contributed by atoms with Crippen molar-refractivity contribution in [1.29, 1.82) is 0 Å². The highest BCUT2D eigenvalue weighted by Gasteiger charge is 2.38. The smallest absolute Gasteiger partial charge is 0.280 e. The standard InChI is InChI=1S/C20H32O5/c1-5-6-7-8-16-14-17(25-20(2,23-4)24-16)11-9-15-10-12-18(21)19(13-15)22-3/h10,12-13,16-17,21H,5-9,11,14H2,1-4H3. The third-order valence-electron chi connectivity index (χ3n) is 4.79. The maximum atomic E-state index is 9.71. The molecule has 1 heterocycles. The molecular formula is C20H32O5. The number of phenols is 1. The first-order valence-electron chi connectivity index (χ1n) is 9.26. The molecule has 0 aliphatic carbocycles.